The van der Waals surface area contributed by atoms with Gasteiger partial charge in [-0.1, -0.05) is 35.2 Å². The van der Waals surface area contributed by atoms with Crippen molar-refractivity contribution in [2.75, 3.05) is 5.33 Å². The predicted octanol–water partition coefficient (Wildman–Crippen LogP) is 4.59. The minimum Gasteiger partial charge on any atom is -0.258 e. The van der Waals surface area contributed by atoms with Crippen LogP contribution in [0.25, 0.3) is 0 Å². The van der Waals surface area contributed by atoms with Gasteiger partial charge in [0, 0.05) is 16.7 Å². The molecule has 0 atom stereocenters. The summed E-state index contributed by atoms with van der Waals surface area (Å²) in [7, 11) is 0. The van der Waals surface area contributed by atoms with Crippen molar-refractivity contribution >= 4 is 15.9 Å². The summed E-state index contributed by atoms with van der Waals surface area (Å²) in [5.41, 5.74) is 3.74. The third kappa shape index (κ3) is 5.64. The minimum atomic E-state index is 1.15. The Labute approximate surface area is 108 Å². The number of nitrogens with zero attached hydrogens (tertiary/aromatic N) is 1. The number of alkyl halides is 1. The molecule has 1 rings (SSSR count). The van der Waals surface area contributed by atoms with Gasteiger partial charge in [-0.2, -0.15) is 0 Å². The van der Waals surface area contributed by atoms with Gasteiger partial charge in [0.2, 0.25) is 0 Å². The molecule has 90 valence electrons. The molecule has 16 heavy (non-hydrogen) atoms. The monoisotopic (exact) mass is 283 g/mol. The quantitative estimate of drug-likeness (QED) is 0.527. The van der Waals surface area contributed by atoms with Crippen molar-refractivity contribution < 1.29 is 0 Å². The van der Waals surface area contributed by atoms with Gasteiger partial charge in [0.1, 0.15) is 0 Å². The molecule has 1 heterocycles. The molecule has 0 unspecified atom stereocenters. The van der Waals surface area contributed by atoms with Crippen molar-refractivity contribution in [2.45, 2.75) is 52.4 Å². The summed E-state index contributed by atoms with van der Waals surface area (Å²) in [6.45, 7) is 4.15. The first-order valence-corrected chi connectivity index (χ1v) is 7.34. The third-order valence-corrected chi connectivity index (χ3v) is 3.30. The fourth-order valence-electron chi connectivity index (χ4n) is 2.02. The molecule has 0 N–H and O–H groups in total. The van der Waals surface area contributed by atoms with Gasteiger partial charge in [0.25, 0.3) is 0 Å². The highest BCUT2D eigenvalue weighted by molar-refractivity contribution is 9.09. The average Bonchev–Trinajstić information content (AvgIpc) is 2.22. The fourth-order valence-corrected chi connectivity index (χ4v) is 2.42. The van der Waals surface area contributed by atoms with E-state index in [2.05, 4.69) is 46.9 Å². The predicted molar refractivity (Wildman–Crippen MR) is 74.3 cm³/mol. The number of unbranched alkanes of at least 4 members (excludes halogenated alkanes) is 4. The van der Waals surface area contributed by atoms with Gasteiger partial charge >= 0.3 is 0 Å². The Hall–Kier alpha value is -0.370. The molecule has 1 nitrogen and oxygen atoms in total. The van der Waals surface area contributed by atoms with Gasteiger partial charge in [0.05, 0.1) is 0 Å². The molecule has 0 aliphatic carbocycles. The van der Waals surface area contributed by atoms with E-state index in [4.69, 9.17) is 0 Å². The lowest BCUT2D eigenvalue weighted by Crippen LogP contribution is -1.92. The van der Waals surface area contributed by atoms with E-state index in [0.29, 0.717) is 0 Å². The maximum absolute atomic E-state index is 4.40. The first-order valence-electron chi connectivity index (χ1n) is 6.22. The zero-order valence-corrected chi connectivity index (χ0v) is 12.0. The molecule has 0 fully saturated rings. The van der Waals surface area contributed by atoms with Gasteiger partial charge < -0.3 is 0 Å². The Bertz CT molecular complexity index is 289. The van der Waals surface area contributed by atoms with E-state index in [-0.39, 0.29) is 0 Å². The molecule has 0 radical (unpaired) electrons. The molecule has 0 bridgehead atoms. The lowest BCUT2D eigenvalue weighted by molar-refractivity contribution is 0.635. The summed E-state index contributed by atoms with van der Waals surface area (Å²) in [6.07, 6.45) is 7.92. The topological polar surface area (TPSA) is 12.9 Å². The summed E-state index contributed by atoms with van der Waals surface area (Å²) >= 11 is 3.46. The molecular weight excluding hydrogens is 262 g/mol. The van der Waals surface area contributed by atoms with Crippen molar-refractivity contribution in [3.05, 3.63) is 29.1 Å². The van der Waals surface area contributed by atoms with Crippen LogP contribution >= 0.6 is 15.9 Å². The van der Waals surface area contributed by atoms with E-state index in [9.17, 15) is 0 Å². The van der Waals surface area contributed by atoms with Crippen molar-refractivity contribution in [1.82, 2.24) is 4.98 Å². The van der Waals surface area contributed by atoms with E-state index in [1.807, 2.05) is 0 Å². The zero-order valence-electron chi connectivity index (χ0n) is 10.4. The van der Waals surface area contributed by atoms with Crippen LogP contribution in [0.5, 0.6) is 0 Å². The average molecular weight is 284 g/mol. The summed E-state index contributed by atoms with van der Waals surface area (Å²) in [6, 6.07) is 4.43. The number of aromatic nitrogens is 1. The van der Waals surface area contributed by atoms with Crippen molar-refractivity contribution in [1.29, 1.82) is 0 Å². The highest BCUT2D eigenvalue weighted by Crippen LogP contribution is 2.11. The van der Waals surface area contributed by atoms with E-state index in [0.717, 1.165) is 16.7 Å². The summed E-state index contributed by atoms with van der Waals surface area (Å²) in [4.78, 5) is 4.40. The summed E-state index contributed by atoms with van der Waals surface area (Å²) in [5, 5.41) is 1.15. The molecule has 0 amide bonds. The molecule has 0 spiro atoms. The lowest BCUT2D eigenvalue weighted by Gasteiger charge is -2.04. The molecule has 0 aromatic carbocycles. The van der Waals surface area contributed by atoms with Gasteiger partial charge in [-0.25, -0.2) is 0 Å². The largest absolute Gasteiger partial charge is 0.258 e. The van der Waals surface area contributed by atoms with Crippen LogP contribution in [-0.4, -0.2) is 10.3 Å². The van der Waals surface area contributed by atoms with Crippen LogP contribution in [0.4, 0.5) is 0 Å². The highest BCUT2D eigenvalue weighted by atomic mass is 79.9. The minimum absolute atomic E-state index is 1.15. The standard InChI is InChI=1S/C14H22BrN/c1-12-10-14(11-13(2)16-12)8-6-4-3-5-7-9-15/h10-11H,3-9H2,1-2H3. The van der Waals surface area contributed by atoms with Crippen LogP contribution in [0.3, 0.4) is 0 Å². The Morgan fingerprint density at radius 2 is 1.50 bits per heavy atom. The van der Waals surface area contributed by atoms with E-state index < -0.39 is 0 Å². The number of hydrogen-bond acceptors (Lipinski definition) is 1. The van der Waals surface area contributed by atoms with E-state index in [1.54, 1.807) is 0 Å². The smallest absolute Gasteiger partial charge is 0.0378 e. The number of hydrogen-bond donors (Lipinski definition) is 0. The highest BCUT2D eigenvalue weighted by Gasteiger charge is 1.97. The molecule has 0 saturated carbocycles. The van der Waals surface area contributed by atoms with Gasteiger partial charge in [0.15, 0.2) is 0 Å². The maximum atomic E-state index is 4.40. The molecule has 1 aromatic heterocycles. The van der Waals surface area contributed by atoms with Gasteiger partial charge in [-0.3, -0.25) is 4.98 Å². The SMILES string of the molecule is Cc1cc(CCCCCCCBr)cc(C)n1. The zero-order chi connectivity index (χ0) is 11.8. The van der Waals surface area contributed by atoms with Crippen LogP contribution in [0, 0.1) is 13.8 Å². The second kappa shape index (κ2) is 7.83. The number of pyridine rings is 1. The molecule has 0 saturated heterocycles. The number of rotatable bonds is 7. The fraction of sp³-hybridized carbons (Fsp3) is 0.643. The van der Waals surface area contributed by atoms with Crippen molar-refractivity contribution in [2.24, 2.45) is 0 Å². The van der Waals surface area contributed by atoms with Gasteiger partial charge in [-0.15, -0.1) is 0 Å². The normalized spacial score (nSPS) is 10.7. The van der Waals surface area contributed by atoms with E-state index >= 15 is 0 Å². The van der Waals surface area contributed by atoms with Crippen molar-refractivity contribution in [3.8, 4) is 0 Å². The molecule has 1 aromatic rings. The lowest BCUT2D eigenvalue weighted by atomic mass is 10.1. The molecule has 2 heteroatoms. The first kappa shape index (κ1) is 13.7. The van der Waals surface area contributed by atoms with Crippen LogP contribution in [0.2, 0.25) is 0 Å². The molecule has 0 aliphatic rings. The van der Waals surface area contributed by atoms with E-state index in [1.165, 1.54) is 44.1 Å². The van der Waals surface area contributed by atoms with Gasteiger partial charge in [-0.05, 0) is 50.8 Å². The third-order valence-electron chi connectivity index (χ3n) is 2.74. The Morgan fingerprint density at radius 1 is 0.938 bits per heavy atom. The van der Waals surface area contributed by atoms with Crippen molar-refractivity contribution in [3.63, 3.8) is 0 Å². The molecule has 0 aliphatic heterocycles. The maximum Gasteiger partial charge on any atom is 0.0378 e. The summed E-state index contributed by atoms with van der Waals surface area (Å²) in [5.74, 6) is 0. The molecular formula is C14H22BrN. The second-order valence-corrected chi connectivity index (χ2v) is 5.26. The van der Waals surface area contributed by atoms with Crippen LogP contribution in [0.1, 0.15) is 49.1 Å². The second-order valence-electron chi connectivity index (χ2n) is 4.46. The van der Waals surface area contributed by atoms with Crippen LogP contribution in [0.15, 0.2) is 12.1 Å². The number of aryl methyl sites for hydroxylation is 3. The number of halogens is 1. The van der Waals surface area contributed by atoms with Crippen LogP contribution < -0.4 is 0 Å². The van der Waals surface area contributed by atoms with Crippen LogP contribution in [-0.2, 0) is 6.42 Å². The Kier molecular flexibility index (Phi) is 6.70. The summed E-state index contributed by atoms with van der Waals surface area (Å²) < 4.78 is 0. The Morgan fingerprint density at radius 3 is 2.12 bits per heavy atom. The Balaban J connectivity index is 2.21. The first-order chi connectivity index (χ1) is 7.72.